The number of benzene rings is 2. The fourth-order valence-corrected chi connectivity index (χ4v) is 6.58. The lowest BCUT2D eigenvalue weighted by Gasteiger charge is -2.33. The number of amidine groups is 1. The van der Waals surface area contributed by atoms with Crippen molar-refractivity contribution in [2.24, 2.45) is 4.99 Å². The van der Waals surface area contributed by atoms with Crippen molar-refractivity contribution < 1.29 is 4.52 Å². The zero-order valence-electron chi connectivity index (χ0n) is 15.5. The lowest BCUT2D eigenvalue weighted by molar-refractivity contribution is 0.616. The molecule has 1 aliphatic heterocycles. The number of rotatable bonds is 5. The molecule has 26 heavy (non-hydrogen) atoms. The summed E-state index contributed by atoms with van der Waals surface area (Å²) in [7, 11) is 4.07. The lowest BCUT2D eigenvalue weighted by atomic mass is 10.2. The van der Waals surface area contributed by atoms with Gasteiger partial charge in [-0.25, -0.2) is 0 Å². The number of nitrogens with zero attached hydrogens (tertiary/aromatic N) is 3. The van der Waals surface area contributed by atoms with E-state index in [1.807, 2.05) is 51.1 Å². The Kier molecular flexibility index (Phi) is 5.96. The average Bonchev–Trinajstić information content (AvgIpc) is 3.01. The van der Waals surface area contributed by atoms with Crippen molar-refractivity contribution in [3.63, 3.8) is 0 Å². The predicted molar refractivity (Wildman–Crippen MR) is 120 cm³/mol. The third-order valence-electron chi connectivity index (χ3n) is 3.96. The second-order valence-electron chi connectivity index (χ2n) is 6.48. The van der Waals surface area contributed by atoms with Crippen LogP contribution in [0.1, 0.15) is 6.92 Å². The summed E-state index contributed by atoms with van der Waals surface area (Å²) in [6.45, 7) is 5.01. The molecule has 0 bridgehead atoms. The summed E-state index contributed by atoms with van der Waals surface area (Å²) in [6, 6.07) is 18.2. The molecule has 0 saturated heterocycles. The van der Waals surface area contributed by atoms with Gasteiger partial charge in [-0.2, -0.15) is 0 Å². The molecule has 0 aromatic heterocycles. The van der Waals surface area contributed by atoms with Crippen LogP contribution in [0.25, 0.3) is 0 Å². The molecule has 0 radical (unpaired) electrons. The normalized spacial score (nSPS) is 18.8. The number of hydrogen-bond donors (Lipinski definition) is 0. The molecule has 1 aliphatic rings. The van der Waals surface area contributed by atoms with E-state index in [-0.39, 0.29) is 0 Å². The Bertz CT molecular complexity index is 824. The van der Waals surface area contributed by atoms with Gasteiger partial charge in [0.2, 0.25) is 6.42 Å². The molecular weight excluding hydrogens is 381 g/mol. The minimum atomic E-state index is -2.36. The summed E-state index contributed by atoms with van der Waals surface area (Å²) >= 11 is 7.76. The molecule has 4 nitrogen and oxygen atoms in total. The highest BCUT2D eigenvalue weighted by atomic mass is 32.4. The Morgan fingerprint density at radius 2 is 1.69 bits per heavy atom. The molecule has 2 unspecified atom stereocenters. The Hall–Kier alpha value is -1.49. The van der Waals surface area contributed by atoms with Crippen molar-refractivity contribution >= 4 is 46.5 Å². The minimum Gasteiger partial charge on any atom is -0.448 e. The van der Waals surface area contributed by atoms with Crippen LogP contribution in [0.2, 0.25) is 0 Å². The van der Waals surface area contributed by atoms with E-state index in [4.69, 9.17) is 21.3 Å². The summed E-state index contributed by atoms with van der Waals surface area (Å²) < 4.78 is 8.42. The van der Waals surface area contributed by atoms with Gasteiger partial charge in [-0.05, 0) is 48.2 Å². The molecule has 2 aromatic rings. The van der Waals surface area contributed by atoms with Crippen LogP contribution >= 0.6 is 18.2 Å². The van der Waals surface area contributed by atoms with Gasteiger partial charge in [0.15, 0.2) is 5.17 Å². The molecule has 7 heteroatoms. The number of thioether (sulfide) groups is 1. The van der Waals surface area contributed by atoms with Crippen molar-refractivity contribution in [1.29, 1.82) is 0 Å². The largest absolute Gasteiger partial charge is 0.448 e. The first-order valence-electron chi connectivity index (χ1n) is 8.48. The topological polar surface area (TPSA) is 28.1 Å². The second-order valence-corrected chi connectivity index (χ2v) is 12.1. The molecule has 2 aromatic carbocycles. The molecule has 0 spiro atoms. The molecule has 0 aliphatic carbocycles. The maximum Gasteiger partial charge on any atom is 0.207 e. The van der Waals surface area contributed by atoms with Crippen molar-refractivity contribution in [3.05, 3.63) is 54.6 Å². The summed E-state index contributed by atoms with van der Waals surface area (Å²) in [5.74, 6) is 0.796. The first-order chi connectivity index (χ1) is 12.4. The number of hydrogen-bond acceptors (Lipinski definition) is 5. The number of para-hydroxylation sites is 1. The summed E-state index contributed by atoms with van der Waals surface area (Å²) in [6.07, 6.45) is -2.36. The van der Waals surface area contributed by atoms with Gasteiger partial charge in [0.1, 0.15) is 5.75 Å². The third kappa shape index (κ3) is 4.43. The molecule has 0 amide bonds. The van der Waals surface area contributed by atoms with Crippen molar-refractivity contribution in [2.75, 3.05) is 36.9 Å². The first kappa shape index (κ1) is 19.3. The van der Waals surface area contributed by atoms with Crippen LogP contribution in [0.15, 0.2) is 59.6 Å². The van der Waals surface area contributed by atoms with E-state index < -0.39 is 6.42 Å². The standard InChI is InChI=1S/C19H24N3OPS2/c1-15-14-20-19(26-15)22(17-12-10-16(11-13-17)21(2)3)24(4,25)23-18-8-6-5-7-9-18/h5-13,15H,14H2,1-4H3. The molecular formula is C19H24N3OPS2. The van der Waals surface area contributed by atoms with E-state index in [0.29, 0.717) is 5.25 Å². The van der Waals surface area contributed by atoms with E-state index in [0.717, 1.165) is 28.8 Å². The first-order valence-corrected chi connectivity index (χ1v) is 12.5. The fourth-order valence-electron chi connectivity index (χ4n) is 2.66. The predicted octanol–water partition coefficient (Wildman–Crippen LogP) is 5.07. The van der Waals surface area contributed by atoms with Crippen LogP contribution in [-0.2, 0) is 11.8 Å². The highest BCUT2D eigenvalue weighted by Gasteiger charge is 2.32. The van der Waals surface area contributed by atoms with Gasteiger partial charge in [0.25, 0.3) is 0 Å². The van der Waals surface area contributed by atoms with Crippen LogP contribution < -0.4 is 14.1 Å². The fraction of sp³-hybridized carbons (Fsp3) is 0.316. The van der Waals surface area contributed by atoms with Gasteiger partial charge in [-0.15, -0.1) is 0 Å². The van der Waals surface area contributed by atoms with Gasteiger partial charge >= 0.3 is 0 Å². The van der Waals surface area contributed by atoms with Crippen molar-refractivity contribution in [2.45, 2.75) is 12.2 Å². The molecule has 3 rings (SSSR count). The Labute approximate surface area is 165 Å². The monoisotopic (exact) mass is 405 g/mol. The van der Waals surface area contributed by atoms with Crippen LogP contribution in [0.3, 0.4) is 0 Å². The van der Waals surface area contributed by atoms with Crippen LogP contribution in [-0.4, -0.2) is 37.7 Å². The van der Waals surface area contributed by atoms with E-state index in [1.54, 1.807) is 11.8 Å². The van der Waals surface area contributed by atoms with Crippen molar-refractivity contribution in [3.8, 4) is 5.75 Å². The highest BCUT2D eigenvalue weighted by Crippen LogP contribution is 2.52. The molecule has 0 fully saturated rings. The van der Waals surface area contributed by atoms with Gasteiger partial charge in [-0.1, -0.05) is 36.9 Å². The van der Waals surface area contributed by atoms with Gasteiger partial charge in [0, 0.05) is 31.7 Å². The van der Waals surface area contributed by atoms with Crippen LogP contribution in [0.5, 0.6) is 5.75 Å². The van der Waals surface area contributed by atoms with Gasteiger partial charge in [0.05, 0.1) is 12.2 Å². The second kappa shape index (κ2) is 8.03. The molecule has 1 heterocycles. The van der Waals surface area contributed by atoms with E-state index >= 15 is 0 Å². The Morgan fingerprint density at radius 1 is 1.08 bits per heavy atom. The molecule has 0 saturated carbocycles. The number of aliphatic imine (C=N–C) groups is 1. The molecule has 2 atom stereocenters. The Balaban J connectivity index is 1.96. The smallest absolute Gasteiger partial charge is 0.207 e. The van der Waals surface area contributed by atoms with Crippen LogP contribution in [0.4, 0.5) is 11.4 Å². The van der Waals surface area contributed by atoms with E-state index in [9.17, 15) is 0 Å². The SMILES string of the molecule is CC1CN=C(N(c2ccc(N(C)C)cc2)P(C)(=S)Oc2ccccc2)S1. The van der Waals surface area contributed by atoms with Gasteiger partial charge in [-0.3, -0.25) is 9.66 Å². The Morgan fingerprint density at radius 3 is 2.23 bits per heavy atom. The molecule has 0 N–H and O–H groups in total. The highest BCUT2D eigenvalue weighted by molar-refractivity contribution is 8.18. The lowest BCUT2D eigenvalue weighted by Crippen LogP contribution is -2.26. The minimum absolute atomic E-state index is 0.459. The molecule has 138 valence electrons. The zero-order valence-corrected chi connectivity index (χ0v) is 18.0. The summed E-state index contributed by atoms with van der Waals surface area (Å²) in [5.41, 5.74) is 2.18. The third-order valence-corrected chi connectivity index (χ3v) is 7.58. The van der Waals surface area contributed by atoms with E-state index in [2.05, 4.69) is 40.8 Å². The summed E-state index contributed by atoms with van der Waals surface area (Å²) in [4.78, 5) is 6.82. The maximum absolute atomic E-state index is 6.29. The zero-order chi connectivity index (χ0) is 18.7. The quantitative estimate of drug-likeness (QED) is 0.648. The summed E-state index contributed by atoms with van der Waals surface area (Å²) in [5, 5.41) is 1.41. The number of anilines is 2. The maximum atomic E-state index is 6.29. The van der Waals surface area contributed by atoms with Crippen LogP contribution in [0, 0.1) is 0 Å². The van der Waals surface area contributed by atoms with Gasteiger partial charge < -0.3 is 9.42 Å². The average molecular weight is 406 g/mol. The van der Waals surface area contributed by atoms with E-state index in [1.165, 1.54) is 0 Å². The van der Waals surface area contributed by atoms with Crippen molar-refractivity contribution in [1.82, 2.24) is 0 Å².